The number of thioether (sulfide) groups is 1. The Morgan fingerprint density at radius 2 is 1.62 bits per heavy atom. The Morgan fingerprint density at radius 3 is 2.29 bits per heavy atom. The zero-order chi connectivity index (χ0) is 46.9. The molecule has 0 bridgehead atoms. The first-order chi connectivity index (χ1) is 29.3. The third kappa shape index (κ3) is 15.0. The van der Waals surface area contributed by atoms with Crippen molar-refractivity contribution in [3.8, 4) is 0 Å². The van der Waals surface area contributed by atoms with E-state index in [0.29, 0.717) is 0 Å². The molecule has 1 aromatic carbocycles. The van der Waals surface area contributed by atoms with Crippen LogP contribution in [0.5, 0.6) is 0 Å². The number of aliphatic carboxylic acids is 1. The van der Waals surface area contributed by atoms with E-state index >= 15 is 0 Å². The van der Waals surface area contributed by atoms with Crippen molar-refractivity contribution in [3.05, 3.63) is 48.0 Å². The minimum Gasteiger partial charge on any atom is -0.481 e. The first-order valence-corrected chi connectivity index (χ1v) is 23.7. The number of benzene rings is 1. The van der Waals surface area contributed by atoms with E-state index in [-0.39, 0.29) is 59.8 Å². The molecule has 7 unspecified atom stereocenters. The van der Waals surface area contributed by atoms with Crippen LogP contribution in [0.15, 0.2) is 36.9 Å². The van der Waals surface area contributed by atoms with Crippen molar-refractivity contribution in [1.29, 1.82) is 0 Å². The number of rotatable bonds is 24. The van der Waals surface area contributed by atoms with Gasteiger partial charge in [0.05, 0.1) is 26.0 Å². The van der Waals surface area contributed by atoms with Crippen molar-refractivity contribution in [1.82, 2.24) is 30.2 Å². The summed E-state index contributed by atoms with van der Waals surface area (Å²) < 4.78 is 62.2. The molecule has 7 atom stereocenters. The van der Waals surface area contributed by atoms with Gasteiger partial charge >= 0.3 is 29.4 Å². The first kappa shape index (κ1) is 51.6. The van der Waals surface area contributed by atoms with Crippen molar-refractivity contribution >= 4 is 80.9 Å². The van der Waals surface area contributed by atoms with Gasteiger partial charge in [-0.25, -0.2) is 28.6 Å². The lowest BCUT2D eigenvalue weighted by Gasteiger charge is -2.30. The van der Waals surface area contributed by atoms with Crippen LogP contribution in [0.1, 0.15) is 60.1 Å². The van der Waals surface area contributed by atoms with E-state index in [1.54, 1.807) is 6.07 Å². The van der Waals surface area contributed by atoms with E-state index in [4.69, 9.17) is 24.6 Å². The molecular weight excluding hydrogens is 927 g/mol. The lowest BCUT2D eigenvalue weighted by Crippen LogP contribution is -2.46. The summed E-state index contributed by atoms with van der Waals surface area (Å²) >= 11 is 0.811. The molecule has 3 aromatic rings. The zero-order valence-electron chi connectivity index (χ0n) is 33.1. The van der Waals surface area contributed by atoms with Crippen molar-refractivity contribution in [3.63, 3.8) is 0 Å². The summed E-state index contributed by atoms with van der Waals surface area (Å²) in [5.41, 5.74) is 4.34. The molecule has 27 nitrogen and oxygen atoms in total. The average molecular weight is 972 g/mol. The van der Waals surface area contributed by atoms with Crippen LogP contribution >= 0.6 is 35.2 Å². The smallest absolute Gasteiger partial charge is 0.481 e. The van der Waals surface area contributed by atoms with Crippen LogP contribution in [-0.2, 0) is 50.7 Å². The van der Waals surface area contributed by atoms with Gasteiger partial charge in [-0.15, -0.1) is 0 Å². The Bertz CT molecular complexity index is 2310. The highest BCUT2D eigenvalue weighted by molar-refractivity contribution is 8.14. The Balaban J connectivity index is 1.21. The molecule has 31 heteroatoms. The number of aliphatic hydroxyl groups excluding tert-OH is 2. The molecule has 1 fully saturated rings. The number of nitrogen functional groups attached to an aromatic ring is 1. The maximum absolute atomic E-state index is 12.7. The summed E-state index contributed by atoms with van der Waals surface area (Å²) in [5.74, 6) is -3.21. The number of fused-ring (bicyclic) bond motifs is 1. The number of hydrogen-bond donors (Lipinski definition) is 10. The van der Waals surface area contributed by atoms with Crippen LogP contribution in [0.2, 0.25) is 0 Å². The summed E-state index contributed by atoms with van der Waals surface area (Å²) in [4.78, 5) is 112. The van der Waals surface area contributed by atoms with E-state index in [2.05, 4.69) is 34.4 Å². The highest BCUT2D eigenvalue weighted by Crippen LogP contribution is 2.61. The molecule has 348 valence electrons. The van der Waals surface area contributed by atoms with Crippen LogP contribution in [0, 0.1) is 5.41 Å². The van der Waals surface area contributed by atoms with Crippen LogP contribution in [0.3, 0.4) is 0 Å². The molecule has 0 radical (unpaired) electrons. The van der Waals surface area contributed by atoms with Crippen molar-refractivity contribution in [2.45, 2.75) is 63.8 Å². The van der Waals surface area contributed by atoms with E-state index in [0.717, 1.165) is 29.0 Å². The van der Waals surface area contributed by atoms with Crippen molar-refractivity contribution in [2.24, 2.45) is 5.41 Å². The molecule has 3 heterocycles. The third-order valence-corrected chi connectivity index (χ3v) is 12.7. The molecule has 2 aromatic heterocycles. The van der Waals surface area contributed by atoms with Gasteiger partial charge in [-0.2, -0.15) is 4.31 Å². The van der Waals surface area contributed by atoms with Gasteiger partial charge in [0.15, 0.2) is 23.5 Å². The highest BCUT2D eigenvalue weighted by Gasteiger charge is 2.50. The Kier molecular flexibility index (Phi) is 17.8. The summed E-state index contributed by atoms with van der Waals surface area (Å²) in [6.07, 6.45) is -7.89. The maximum Gasteiger partial charge on any atom is 0.481 e. The fourth-order valence-corrected chi connectivity index (χ4v) is 9.16. The molecule has 1 aliphatic rings. The number of carbonyl (C=O) groups is 5. The quantitative estimate of drug-likeness (QED) is 0.0321. The number of ether oxygens (including phenoxy) is 1. The lowest BCUT2D eigenvalue weighted by atomic mass is 9.87. The van der Waals surface area contributed by atoms with Gasteiger partial charge in [0.1, 0.15) is 36.3 Å². The Hall–Kier alpha value is -4.08. The van der Waals surface area contributed by atoms with Gasteiger partial charge in [-0.3, -0.25) is 42.1 Å². The third-order valence-electron chi connectivity index (χ3n) is 8.75. The molecule has 0 aliphatic carbocycles. The second-order valence-corrected chi connectivity index (χ2v) is 19.4. The SMILES string of the molecule is CC(C)(COP(=O)(O)OP(=O)(O)OCC1OC(n2cnc3c(N)ncnc32)C(O)C1OP(=O)(O)O)C(O)C(=O)NCCC(=O)NCCSC(=O)c1ccccc1C(=O)CCC(=O)O. The van der Waals surface area contributed by atoms with Crippen LogP contribution in [-0.4, -0.2) is 140 Å². The van der Waals surface area contributed by atoms with E-state index in [1.165, 1.54) is 32.0 Å². The van der Waals surface area contributed by atoms with Gasteiger partial charge < -0.3 is 56.0 Å². The minimum absolute atomic E-state index is 0.0132. The van der Waals surface area contributed by atoms with Crippen LogP contribution < -0.4 is 16.4 Å². The number of nitrogens with zero attached hydrogens (tertiary/aromatic N) is 4. The van der Waals surface area contributed by atoms with Gasteiger partial charge in [-0.1, -0.05) is 43.8 Å². The summed E-state index contributed by atoms with van der Waals surface area (Å²) in [5, 5.41) is 34.7. The number of phosphoric ester groups is 3. The second kappa shape index (κ2) is 21.7. The largest absolute Gasteiger partial charge is 0.481 e. The van der Waals surface area contributed by atoms with Crippen molar-refractivity contribution < 1.29 is 95.2 Å². The van der Waals surface area contributed by atoms with Crippen LogP contribution in [0.25, 0.3) is 11.2 Å². The molecule has 1 aliphatic heterocycles. The molecule has 4 rings (SSSR count). The maximum atomic E-state index is 12.7. The molecule has 11 N–H and O–H groups in total. The molecule has 1 saturated heterocycles. The highest BCUT2D eigenvalue weighted by atomic mass is 32.2. The Labute approximate surface area is 360 Å². The van der Waals surface area contributed by atoms with E-state index in [9.17, 15) is 67.5 Å². The number of carbonyl (C=O) groups excluding carboxylic acids is 4. The molecule has 0 spiro atoms. The number of hydrogen-bond acceptors (Lipinski definition) is 20. The van der Waals surface area contributed by atoms with E-state index < -0.39 is 108 Å². The Morgan fingerprint density at radius 1 is 0.952 bits per heavy atom. The number of imidazole rings is 1. The number of ketones is 1. The normalized spacial score (nSPS) is 20.4. The van der Waals surface area contributed by atoms with E-state index in [1.807, 2.05) is 0 Å². The number of Topliss-reactive ketones (excluding diaryl/α,β-unsaturated/α-hetero) is 1. The number of phosphoric acid groups is 3. The van der Waals surface area contributed by atoms with Crippen LogP contribution in [0.4, 0.5) is 5.82 Å². The standard InChI is InChI=1S/C32H44N7O20P3S/c1-32(2,26(45)29(46)35-10-9-21(41)34-11-12-63-31(47)18-6-4-3-5-17(18)19(40)7-8-22(42)43)14-56-62(53,54)59-61(51,52)55-13-20-25(58-60(48,49)50)24(44)30(57-20)39-16-38-23-27(33)36-15-37-28(23)39/h3-6,15-16,20,24-26,30,44-45H,7-14H2,1-2H3,(H,34,41)(H,35,46)(H,42,43)(H,51,52)(H,53,54)(H2,33,36,37)(H2,48,49,50). The number of nitrogens with two attached hydrogens (primary N) is 1. The minimum atomic E-state index is -5.61. The fraction of sp³-hybridized carbons (Fsp3) is 0.500. The lowest BCUT2D eigenvalue weighted by molar-refractivity contribution is -0.137. The van der Waals surface area contributed by atoms with Crippen molar-refractivity contribution in [2.75, 3.05) is 37.8 Å². The molecule has 0 saturated carbocycles. The number of aliphatic hydroxyl groups is 2. The predicted molar refractivity (Wildman–Crippen MR) is 214 cm³/mol. The molecule has 63 heavy (non-hydrogen) atoms. The summed E-state index contributed by atoms with van der Waals surface area (Å²) in [7, 11) is -16.5. The number of aromatic nitrogens is 4. The number of carboxylic acid groups (broad SMARTS) is 1. The van der Waals surface area contributed by atoms with Gasteiger partial charge in [-0.05, 0) is 6.07 Å². The molecular formula is C32H44N7O20P3S. The average Bonchev–Trinajstić information content (AvgIpc) is 3.76. The van der Waals surface area contributed by atoms with Gasteiger partial charge in [0, 0.05) is 48.2 Å². The first-order valence-electron chi connectivity index (χ1n) is 18.2. The topological polar surface area (TPSA) is 418 Å². The summed E-state index contributed by atoms with van der Waals surface area (Å²) in [6.45, 7) is 0.0681. The monoisotopic (exact) mass is 971 g/mol. The molecule has 2 amide bonds. The number of nitrogens with one attached hydrogen (secondary N) is 2. The van der Waals surface area contributed by atoms with Gasteiger partial charge in [0.25, 0.3) is 0 Å². The number of amides is 2. The fourth-order valence-electron chi connectivity index (χ4n) is 5.61. The second-order valence-electron chi connectivity index (χ2n) is 14.1. The number of anilines is 1. The summed E-state index contributed by atoms with van der Waals surface area (Å²) in [6, 6.07) is 5.92. The zero-order valence-corrected chi connectivity index (χ0v) is 36.6. The van der Waals surface area contributed by atoms with Gasteiger partial charge in [0.2, 0.25) is 16.9 Å². The number of carboxylic acids is 1. The predicted octanol–water partition coefficient (Wildman–Crippen LogP) is 0.0260.